The average molecular weight is 403 g/mol. The molecule has 3 rings (SSSR count). The maximum absolute atomic E-state index is 12.2. The van der Waals surface area contributed by atoms with Gasteiger partial charge < -0.3 is 14.2 Å². The quantitative estimate of drug-likeness (QED) is 0.400. The second kappa shape index (κ2) is 9.43. The Morgan fingerprint density at radius 3 is 2.68 bits per heavy atom. The molecule has 3 aromatic rings. The van der Waals surface area contributed by atoms with Gasteiger partial charge in [-0.3, -0.25) is 4.79 Å². The van der Waals surface area contributed by atoms with Gasteiger partial charge in [-0.1, -0.05) is 11.3 Å². The monoisotopic (exact) mass is 403 g/mol. The van der Waals surface area contributed by atoms with Gasteiger partial charge in [0.15, 0.2) is 0 Å². The van der Waals surface area contributed by atoms with Crippen LogP contribution in [0.4, 0.5) is 0 Å². The summed E-state index contributed by atoms with van der Waals surface area (Å²) in [5, 5.41) is 5.02. The van der Waals surface area contributed by atoms with Crippen LogP contribution in [0.5, 0.6) is 5.75 Å². The summed E-state index contributed by atoms with van der Waals surface area (Å²) in [7, 11) is 0. The summed E-state index contributed by atoms with van der Waals surface area (Å²) < 4.78 is 17.2. The lowest BCUT2D eigenvalue weighted by Crippen LogP contribution is -2.16. The van der Waals surface area contributed by atoms with Crippen LogP contribution in [-0.4, -0.2) is 40.4 Å². The van der Waals surface area contributed by atoms with Crippen LogP contribution in [0.1, 0.15) is 34.9 Å². The van der Waals surface area contributed by atoms with Crippen LogP contribution in [0.2, 0.25) is 0 Å². The van der Waals surface area contributed by atoms with Crippen LogP contribution in [0, 0.1) is 0 Å². The number of rotatable bonds is 9. The molecule has 0 bridgehead atoms. The van der Waals surface area contributed by atoms with Gasteiger partial charge in [0.25, 0.3) is 5.56 Å². The van der Waals surface area contributed by atoms with E-state index in [4.69, 9.17) is 14.2 Å². The van der Waals surface area contributed by atoms with Crippen molar-refractivity contribution < 1.29 is 19.0 Å². The van der Waals surface area contributed by atoms with Gasteiger partial charge in [0.2, 0.25) is 4.96 Å². The Kier molecular flexibility index (Phi) is 6.72. The van der Waals surface area contributed by atoms with E-state index < -0.39 is 5.97 Å². The number of hydrogen-bond acceptors (Lipinski definition) is 8. The van der Waals surface area contributed by atoms with Crippen molar-refractivity contribution >= 4 is 22.3 Å². The van der Waals surface area contributed by atoms with Crippen molar-refractivity contribution in [1.82, 2.24) is 14.6 Å². The number of ether oxygens (including phenoxy) is 3. The van der Waals surface area contributed by atoms with Crippen molar-refractivity contribution in [3.8, 4) is 5.75 Å². The molecule has 1 aromatic carbocycles. The first kappa shape index (κ1) is 20.0. The number of aromatic nitrogens is 3. The standard InChI is InChI=1S/C19H21N3O5S/c1-3-25-10-9-16-21-22-17(23)11-14(20-19(22)28-16)12-27-18(24)13-5-7-15(8-6-13)26-4-2/h5-8,11H,3-4,9-10,12H2,1-2H3. The van der Waals surface area contributed by atoms with E-state index in [1.54, 1.807) is 24.3 Å². The van der Waals surface area contributed by atoms with E-state index in [0.717, 1.165) is 5.01 Å². The van der Waals surface area contributed by atoms with Gasteiger partial charge in [0.05, 0.1) is 24.5 Å². The van der Waals surface area contributed by atoms with Crippen LogP contribution in [0.25, 0.3) is 4.96 Å². The lowest BCUT2D eigenvalue weighted by molar-refractivity contribution is 0.0467. The molecule has 0 spiro atoms. The number of nitrogens with zero attached hydrogens (tertiary/aromatic N) is 3. The molecule has 148 valence electrons. The number of hydrogen-bond donors (Lipinski definition) is 0. The molecule has 2 aromatic heterocycles. The molecule has 2 heterocycles. The highest BCUT2D eigenvalue weighted by Gasteiger charge is 2.12. The van der Waals surface area contributed by atoms with E-state index in [2.05, 4.69) is 10.1 Å². The molecule has 8 nitrogen and oxygen atoms in total. The van der Waals surface area contributed by atoms with Crippen LogP contribution in [0.3, 0.4) is 0 Å². The lowest BCUT2D eigenvalue weighted by Gasteiger charge is -2.06. The molecule has 0 saturated heterocycles. The van der Waals surface area contributed by atoms with Crippen LogP contribution in [-0.2, 0) is 22.5 Å². The van der Waals surface area contributed by atoms with Crippen molar-refractivity contribution in [3.63, 3.8) is 0 Å². The average Bonchev–Trinajstić information content (AvgIpc) is 3.11. The van der Waals surface area contributed by atoms with E-state index in [-0.39, 0.29) is 12.2 Å². The fourth-order valence-electron chi connectivity index (χ4n) is 2.45. The largest absolute Gasteiger partial charge is 0.494 e. The molecule has 0 radical (unpaired) electrons. The molecule has 0 unspecified atom stereocenters. The predicted octanol–water partition coefficient (Wildman–Crippen LogP) is 2.49. The zero-order chi connectivity index (χ0) is 19.9. The van der Waals surface area contributed by atoms with Crippen molar-refractivity contribution in [1.29, 1.82) is 0 Å². The molecule has 9 heteroatoms. The Hall–Kier alpha value is -2.78. The van der Waals surface area contributed by atoms with Crippen molar-refractivity contribution in [2.45, 2.75) is 26.9 Å². The number of esters is 1. The highest BCUT2D eigenvalue weighted by molar-refractivity contribution is 7.16. The molecule has 0 fully saturated rings. The third-order valence-corrected chi connectivity index (χ3v) is 4.72. The summed E-state index contributed by atoms with van der Waals surface area (Å²) in [5.74, 6) is 0.191. The second-order valence-electron chi connectivity index (χ2n) is 5.76. The van der Waals surface area contributed by atoms with Crippen molar-refractivity contribution in [3.05, 3.63) is 57.0 Å². The molecule has 28 heavy (non-hydrogen) atoms. The highest BCUT2D eigenvalue weighted by atomic mass is 32.1. The Morgan fingerprint density at radius 2 is 1.96 bits per heavy atom. The van der Waals surface area contributed by atoms with Crippen LogP contribution >= 0.6 is 11.3 Å². The summed E-state index contributed by atoms with van der Waals surface area (Å²) in [4.78, 5) is 29.3. The maximum atomic E-state index is 12.2. The lowest BCUT2D eigenvalue weighted by atomic mass is 10.2. The van der Waals surface area contributed by atoms with Crippen molar-refractivity contribution in [2.75, 3.05) is 19.8 Å². The van der Waals surface area contributed by atoms with Crippen LogP contribution < -0.4 is 10.3 Å². The highest BCUT2D eigenvalue weighted by Crippen LogP contribution is 2.15. The number of carbonyl (C=O) groups excluding carboxylic acids is 1. The number of fused-ring (bicyclic) bond motifs is 1. The molecule has 0 saturated carbocycles. The Labute approximate surface area is 165 Å². The third-order valence-electron chi connectivity index (χ3n) is 3.76. The van der Waals surface area contributed by atoms with Gasteiger partial charge in [-0.15, -0.1) is 0 Å². The molecule has 0 N–H and O–H groups in total. The SMILES string of the molecule is CCOCCc1nn2c(=O)cc(COC(=O)c3ccc(OCC)cc3)nc2s1. The molecular formula is C19H21N3O5S. The van der Waals surface area contributed by atoms with Gasteiger partial charge in [0, 0.05) is 19.1 Å². The fourth-order valence-corrected chi connectivity index (χ4v) is 3.35. The maximum Gasteiger partial charge on any atom is 0.338 e. The van der Waals surface area contributed by atoms with E-state index in [0.29, 0.717) is 48.2 Å². The molecule has 0 atom stereocenters. The van der Waals surface area contributed by atoms with Gasteiger partial charge in [-0.2, -0.15) is 9.61 Å². The molecule has 0 aliphatic heterocycles. The molecule has 0 aliphatic carbocycles. The Bertz CT molecular complexity index is 997. The second-order valence-corrected chi connectivity index (χ2v) is 6.80. The topological polar surface area (TPSA) is 92.0 Å². The van der Waals surface area contributed by atoms with E-state index in [1.165, 1.54) is 21.9 Å². The molecule has 0 amide bonds. The normalized spacial score (nSPS) is 10.9. The Morgan fingerprint density at radius 1 is 1.18 bits per heavy atom. The van der Waals surface area contributed by atoms with Gasteiger partial charge in [0.1, 0.15) is 17.4 Å². The van der Waals surface area contributed by atoms with Crippen molar-refractivity contribution in [2.24, 2.45) is 0 Å². The smallest absolute Gasteiger partial charge is 0.338 e. The summed E-state index contributed by atoms with van der Waals surface area (Å²) in [6, 6.07) is 8.00. The summed E-state index contributed by atoms with van der Waals surface area (Å²) in [5.41, 5.74) is 0.470. The Balaban J connectivity index is 1.66. The predicted molar refractivity (Wildman–Crippen MR) is 104 cm³/mol. The first-order valence-electron chi connectivity index (χ1n) is 8.97. The van der Waals surface area contributed by atoms with Gasteiger partial charge >= 0.3 is 5.97 Å². The summed E-state index contributed by atoms with van der Waals surface area (Å²) in [6.07, 6.45) is 0.614. The minimum absolute atomic E-state index is 0.0933. The zero-order valence-electron chi connectivity index (χ0n) is 15.7. The van der Waals surface area contributed by atoms with Crippen LogP contribution in [0.15, 0.2) is 35.1 Å². The van der Waals surface area contributed by atoms with E-state index in [9.17, 15) is 9.59 Å². The zero-order valence-corrected chi connectivity index (χ0v) is 16.5. The van der Waals surface area contributed by atoms with E-state index >= 15 is 0 Å². The summed E-state index contributed by atoms with van der Waals surface area (Å²) >= 11 is 1.32. The molecule has 0 aliphatic rings. The summed E-state index contributed by atoms with van der Waals surface area (Å²) in [6.45, 7) is 5.44. The number of benzene rings is 1. The molecular weight excluding hydrogens is 382 g/mol. The number of carbonyl (C=O) groups is 1. The van der Waals surface area contributed by atoms with E-state index in [1.807, 2.05) is 13.8 Å². The van der Waals surface area contributed by atoms with Gasteiger partial charge in [-0.05, 0) is 38.1 Å². The first-order valence-corrected chi connectivity index (χ1v) is 9.78. The third kappa shape index (κ3) is 4.93. The van der Waals surface area contributed by atoms with Gasteiger partial charge in [-0.25, -0.2) is 9.78 Å². The first-order chi connectivity index (χ1) is 13.6. The fraction of sp³-hybridized carbons (Fsp3) is 0.368. The minimum atomic E-state index is -0.494. The minimum Gasteiger partial charge on any atom is -0.494 e.